The SMILES string of the molecule is c1csc(CN2CCO[C@H]3[C@H](OCC4CC4)CC[C@@H]32)c1. The van der Waals surface area contributed by atoms with Gasteiger partial charge >= 0.3 is 0 Å². The van der Waals surface area contributed by atoms with Gasteiger partial charge in [0.05, 0.1) is 18.8 Å². The normalized spacial score (nSPS) is 34.3. The van der Waals surface area contributed by atoms with Gasteiger partial charge in [-0.05, 0) is 43.0 Å². The average Bonchev–Trinajstić information content (AvgIpc) is 2.98. The first-order valence-electron chi connectivity index (χ1n) is 7.90. The lowest BCUT2D eigenvalue weighted by atomic mass is 10.1. The van der Waals surface area contributed by atoms with Gasteiger partial charge in [-0.15, -0.1) is 11.3 Å². The zero-order chi connectivity index (χ0) is 13.4. The number of hydrogen-bond donors (Lipinski definition) is 0. The fourth-order valence-electron chi connectivity index (χ4n) is 3.51. The highest BCUT2D eigenvalue weighted by Crippen LogP contribution is 2.35. The minimum absolute atomic E-state index is 0.308. The molecule has 110 valence electrons. The van der Waals surface area contributed by atoms with E-state index in [1.54, 1.807) is 0 Å². The van der Waals surface area contributed by atoms with Gasteiger partial charge in [-0.1, -0.05) is 6.07 Å². The summed E-state index contributed by atoms with van der Waals surface area (Å²) in [5.74, 6) is 0.847. The van der Waals surface area contributed by atoms with Crippen molar-refractivity contribution >= 4 is 11.3 Å². The molecule has 2 heterocycles. The van der Waals surface area contributed by atoms with E-state index in [9.17, 15) is 0 Å². The Kier molecular flexibility index (Phi) is 3.82. The highest BCUT2D eigenvalue weighted by Gasteiger charge is 2.43. The molecule has 2 aliphatic carbocycles. The number of nitrogens with zero attached hydrogens (tertiary/aromatic N) is 1. The van der Waals surface area contributed by atoms with Crippen molar-refractivity contribution in [3.05, 3.63) is 22.4 Å². The third kappa shape index (κ3) is 2.80. The van der Waals surface area contributed by atoms with E-state index < -0.39 is 0 Å². The summed E-state index contributed by atoms with van der Waals surface area (Å²) in [6, 6.07) is 4.95. The van der Waals surface area contributed by atoms with E-state index in [1.807, 2.05) is 11.3 Å². The van der Waals surface area contributed by atoms with E-state index in [1.165, 1.54) is 30.6 Å². The van der Waals surface area contributed by atoms with Gasteiger partial charge in [0.2, 0.25) is 0 Å². The van der Waals surface area contributed by atoms with Crippen LogP contribution in [-0.2, 0) is 16.0 Å². The number of fused-ring (bicyclic) bond motifs is 1. The largest absolute Gasteiger partial charge is 0.375 e. The molecule has 3 atom stereocenters. The van der Waals surface area contributed by atoms with Gasteiger partial charge in [-0.25, -0.2) is 0 Å². The van der Waals surface area contributed by atoms with Crippen LogP contribution in [0.4, 0.5) is 0 Å². The molecule has 3 aliphatic rings. The molecule has 3 nitrogen and oxygen atoms in total. The lowest BCUT2D eigenvalue weighted by Gasteiger charge is -2.38. The maximum atomic E-state index is 6.13. The fourth-order valence-corrected chi connectivity index (χ4v) is 4.24. The molecule has 0 spiro atoms. The van der Waals surface area contributed by atoms with Crippen molar-refractivity contribution < 1.29 is 9.47 Å². The first-order chi connectivity index (χ1) is 9.90. The summed E-state index contributed by atoms with van der Waals surface area (Å²) in [6.45, 7) is 3.96. The third-order valence-electron chi connectivity index (χ3n) is 4.83. The van der Waals surface area contributed by atoms with Crippen molar-refractivity contribution in [2.24, 2.45) is 5.92 Å². The lowest BCUT2D eigenvalue weighted by Crippen LogP contribution is -2.51. The van der Waals surface area contributed by atoms with E-state index in [-0.39, 0.29) is 0 Å². The topological polar surface area (TPSA) is 21.7 Å². The Bertz CT molecular complexity index is 432. The van der Waals surface area contributed by atoms with Gasteiger partial charge in [0.25, 0.3) is 0 Å². The summed E-state index contributed by atoms with van der Waals surface area (Å²) in [6.07, 6.45) is 5.78. The molecule has 4 rings (SSSR count). The van der Waals surface area contributed by atoms with E-state index in [2.05, 4.69) is 22.4 Å². The van der Waals surface area contributed by atoms with Crippen LogP contribution < -0.4 is 0 Å². The number of rotatable bonds is 5. The second kappa shape index (κ2) is 5.76. The van der Waals surface area contributed by atoms with Crippen LogP contribution in [0.3, 0.4) is 0 Å². The Morgan fingerprint density at radius 1 is 1.30 bits per heavy atom. The van der Waals surface area contributed by atoms with Gasteiger partial charge in [0.15, 0.2) is 0 Å². The van der Waals surface area contributed by atoms with E-state index >= 15 is 0 Å². The highest BCUT2D eigenvalue weighted by atomic mass is 32.1. The van der Waals surface area contributed by atoms with Crippen LogP contribution in [0.1, 0.15) is 30.6 Å². The third-order valence-corrected chi connectivity index (χ3v) is 5.69. The predicted molar refractivity (Wildman–Crippen MR) is 80.0 cm³/mol. The maximum absolute atomic E-state index is 6.13. The molecular weight excluding hydrogens is 270 g/mol. The maximum Gasteiger partial charge on any atom is 0.0992 e. The molecule has 0 N–H and O–H groups in total. The number of morpholine rings is 1. The van der Waals surface area contributed by atoms with Gasteiger partial charge < -0.3 is 9.47 Å². The van der Waals surface area contributed by atoms with Crippen molar-refractivity contribution in [2.45, 2.75) is 50.5 Å². The first kappa shape index (κ1) is 13.3. The number of thiophene rings is 1. The molecule has 1 saturated heterocycles. The molecule has 2 saturated carbocycles. The molecule has 1 aromatic heterocycles. The second-order valence-electron chi connectivity index (χ2n) is 6.35. The summed E-state index contributed by atoms with van der Waals surface area (Å²) in [5, 5.41) is 2.17. The van der Waals surface area contributed by atoms with E-state index in [0.717, 1.165) is 32.2 Å². The predicted octanol–water partition coefficient (Wildman–Crippen LogP) is 2.91. The second-order valence-corrected chi connectivity index (χ2v) is 7.38. The van der Waals surface area contributed by atoms with Gasteiger partial charge in [-0.3, -0.25) is 4.90 Å². The van der Waals surface area contributed by atoms with Crippen molar-refractivity contribution in [3.8, 4) is 0 Å². The van der Waals surface area contributed by atoms with Crippen molar-refractivity contribution in [3.63, 3.8) is 0 Å². The molecule has 0 aromatic carbocycles. The van der Waals surface area contributed by atoms with Gasteiger partial charge in [-0.2, -0.15) is 0 Å². The molecular formula is C16H23NO2S. The van der Waals surface area contributed by atoms with Crippen LogP contribution in [0.2, 0.25) is 0 Å². The summed E-state index contributed by atoms with van der Waals surface area (Å²) in [7, 11) is 0. The standard InChI is InChI=1S/C16H23NO2S/c1-2-13(20-9-1)10-17-7-8-18-16-14(17)5-6-15(16)19-11-12-3-4-12/h1-2,9,12,14-16H,3-8,10-11H2/t14-,15+,16+/m0/s1. The molecule has 0 bridgehead atoms. The molecule has 0 amide bonds. The first-order valence-corrected chi connectivity index (χ1v) is 8.78. The molecule has 1 aliphatic heterocycles. The molecule has 20 heavy (non-hydrogen) atoms. The van der Waals surface area contributed by atoms with Crippen LogP contribution in [-0.4, -0.2) is 42.9 Å². The van der Waals surface area contributed by atoms with Crippen molar-refractivity contribution in [2.75, 3.05) is 19.8 Å². The van der Waals surface area contributed by atoms with Gasteiger partial charge in [0, 0.05) is 30.6 Å². The quantitative estimate of drug-likeness (QED) is 0.833. The summed E-state index contributed by atoms with van der Waals surface area (Å²) >= 11 is 1.86. The number of hydrogen-bond acceptors (Lipinski definition) is 4. The monoisotopic (exact) mass is 293 g/mol. The summed E-state index contributed by atoms with van der Waals surface area (Å²) in [5.41, 5.74) is 0. The molecule has 3 fully saturated rings. The Morgan fingerprint density at radius 3 is 3.05 bits per heavy atom. The molecule has 1 aromatic rings. The Hall–Kier alpha value is -0.420. The Balaban J connectivity index is 1.37. The molecule has 0 unspecified atom stereocenters. The Labute approximate surface area is 124 Å². The lowest BCUT2D eigenvalue weighted by molar-refractivity contribution is -0.116. The Morgan fingerprint density at radius 2 is 2.25 bits per heavy atom. The minimum Gasteiger partial charge on any atom is -0.375 e. The molecule has 4 heteroatoms. The highest BCUT2D eigenvalue weighted by molar-refractivity contribution is 7.09. The van der Waals surface area contributed by atoms with Gasteiger partial charge in [0.1, 0.15) is 0 Å². The van der Waals surface area contributed by atoms with Crippen molar-refractivity contribution in [1.29, 1.82) is 0 Å². The summed E-state index contributed by atoms with van der Waals surface area (Å²) in [4.78, 5) is 4.08. The van der Waals surface area contributed by atoms with Crippen LogP contribution in [0.15, 0.2) is 17.5 Å². The van der Waals surface area contributed by atoms with Crippen LogP contribution >= 0.6 is 11.3 Å². The zero-order valence-corrected chi connectivity index (χ0v) is 12.7. The average molecular weight is 293 g/mol. The van der Waals surface area contributed by atoms with Crippen LogP contribution in [0.25, 0.3) is 0 Å². The van der Waals surface area contributed by atoms with E-state index in [4.69, 9.17) is 9.47 Å². The van der Waals surface area contributed by atoms with Crippen LogP contribution in [0.5, 0.6) is 0 Å². The fraction of sp³-hybridized carbons (Fsp3) is 0.750. The smallest absolute Gasteiger partial charge is 0.0992 e. The number of ether oxygens (including phenoxy) is 2. The molecule has 0 radical (unpaired) electrons. The van der Waals surface area contributed by atoms with Crippen LogP contribution in [0, 0.1) is 5.92 Å². The zero-order valence-electron chi connectivity index (χ0n) is 11.9. The van der Waals surface area contributed by atoms with Crippen molar-refractivity contribution in [1.82, 2.24) is 4.90 Å². The van der Waals surface area contributed by atoms with E-state index in [0.29, 0.717) is 18.2 Å². The minimum atomic E-state index is 0.308. The summed E-state index contributed by atoms with van der Waals surface area (Å²) < 4.78 is 12.2.